The van der Waals surface area contributed by atoms with Gasteiger partial charge in [-0.25, -0.2) is 4.98 Å². The minimum atomic E-state index is 0.169. The molecule has 0 radical (unpaired) electrons. The molecular formula is C16H21IN2O. The molecule has 2 fully saturated rings. The number of halogens is 1. The summed E-state index contributed by atoms with van der Waals surface area (Å²) in [7, 11) is 0. The Morgan fingerprint density at radius 3 is 2.70 bits per heavy atom. The van der Waals surface area contributed by atoms with Crippen molar-refractivity contribution in [2.24, 2.45) is 17.8 Å². The quantitative estimate of drug-likeness (QED) is 0.776. The van der Waals surface area contributed by atoms with Crippen LogP contribution >= 0.6 is 22.6 Å². The first-order chi connectivity index (χ1) is 9.72. The SMILES string of the molecule is O=C(Nc1ccc(I)cn1)C1CCC2CCCCC2C1. The molecule has 0 saturated heterocycles. The van der Waals surface area contributed by atoms with Gasteiger partial charge in [-0.3, -0.25) is 4.79 Å². The average molecular weight is 384 g/mol. The van der Waals surface area contributed by atoms with E-state index in [2.05, 4.69) is 32.9 Å². The molecule has 1 aromatic rings. The van der Waals surface area contributed by atoms with E-state index >= 15 is 0 Å². The molecule has 4 heteroatoms. The van der Waals surface area contributed by atoms with Crippen LogP contribution in [0.2, 0.25) is 0 Å². The number of nitrogens with zero attached hydrogens (tertiary/aromatic N) is 1. The summed E-state index contributed by atoms with van der Waals surface area (Å²) in [5.41, 5.74) is 0. The van der Waals surface area contributed by atoms with E-state index < -0.39 is 0 Å². The third kappa shape index (κ3) is 3.32. The largest absolute Gasteiger partial charge is 0.310 e. The predicted octanol–water partition coefficient (Wildman–Crippen LogP) is 4.23. The summed E-state index contributed by atoms with van der Waals surface area (Å²) in [6, 6.07) is 3.85. The van der Waals surface area contributed by atoms with Gasteiger partial charge in [0.1, 0.15) is 5.82 Å². The summed E-state index contributed by atoms with van der Waals surface area (Å²) >= 11 is 2.22. The van der Waals surface area contributed by atoms with Gasteiger partial charge in [0.25, 0.3) is 0 Å². The zero-order chi connectivity index (χ0) is 13.9. The van der Waals surface area contributed by atoms with Gasteiger partial charge in [0.05, 0.1) is 0 Å². The average Bonchev–Trinajstić information content (AvgIpc) is 2.49. The first kappa shape index (κ1) is 14.3. The van der Waals surface area contributed by atoms with E-state index in [-0.39, 0.29) is 11.8 Å². The molecule has 108 valence electrons. The van der Waals surface area contributed by atoms with E-state index in [0.717, 1.165) is 28.2 Å². The van der Waals surface area contributed by atoms with Crippen LogP contribution in [0.3, 0.4) is 0 Å². The molecule has 0 aromatic carbocycles. The fourth-order valence-electron chi connectivity index (χ4n) is 3.79. The lowest BCUT2D eigenvalue weighted by molar-refractivity contribution is -0.122. The number of anilines is 1. The minimum Gasteiger partial charge on any atom is -0.310 e. The summed E-state index contributed by atoms with van der Waals surface area (Å²) < 4.78 is 1.09. The van der Waals surface area contributed by atoms with Gasteiger partial charge in [0.15, 0.2) is 0 Å². The van der Waals surface area contributed by atoms with Crippen LogP contribution in [0.15, 0.2) is 18.3 Å². The van der Waals surface area contributed by atoms with E-state index in [9.17, 15) is 4.79 Å². The molecule has 0 spiro atoms. The number of hydrogen-bond donors (Lipinski definition) is 1. The first-order valence-corrected chi connectivity index (χ1v) is 8.72. The highest BCUT2D eigenvalue weighted by Gasteiger charge is 2.34. The molecule has 1 amide bonds. The van der Waals surface area contributed by atoms with Crippen LogP contribution in [0.25, 0.3) is 0 Å². The first-order valence-electron chi connectivity index (χ1n) is 7.65. The third-order valence-electron chi connectivity index (χ3n) is 4.89. The minimum absolute atomic E-state index is 0.169. The molecule has 1 heterocycles. The Bertz CT molecular complexity index is 474. The Hall–Kier alpha value is -0.650. The normalized spacial score (nSPS) is 29.6. The number of carbonyl (C=O) groups excluding carboxylic acids is 1. The Labute approximate surface area is 134 Å². The number of fused-ring (bicyclic) bond motifs is 1. The third-order valence-corrected chi connectivity index (χ3v) is 5.53. The van der Waals surface area contributed by atoms with Crippen molar-refractivity contribution in [3.8, 4) is 0 Å². The van der Waals surface area contributed by atoms with E-state index in [1.165, 1.54) is 32.1 Å². The van der Waals surface area contributed by atoms with Crippen molar-refractivity contribution in [2.45, 2.75) is 44.9 Å². The maximum Gasteiger partial charge on any atom is 0.228 e. The fourth-order valence-corrected chi connectivity index (χ4v) is 4.11. The van der Waals surface area contributed by atoms with Crippen LogP contribution in [0.4, 0.5) is 5.82 Å². The zero-order valence-corrected chi connectivity index (χ0v) is 13.8. The lowest BCUT2D eigenvalue weighted by atomic mass is 9.67. The molecule has 2 aliphatic rings. The highest BCUT2D eigenvalue weighted by atomic mass is 127. The second kappa shape index (κ2) is 6.41. The van der Waals surface area contributed by atoms with Gasteiger partial charge in [-0.05, 0) is 65.8 Å². The van der Waals surface area contributed by atoms with Gasteiger partial charge in [-0.15, -0.1) is 0 Å². The molecule has 3 unspecified atom stereocenters. The van der Waals surface area contributed by atoms with Crippen molar-refractivity contribution in [3.05, 3.63) is 21.9 Å². The Balaban J connectivity index is 1.58. The van der Waals surface area contributed by atoms with Gasteiger partial charge < -0.3 is 5.32 Å². The second-order valence-electron chi connectivity index (χ2n) is 6.17. The van der Waals surface area contributed by atoms with Crippen molar-refractivity contribution in [1.29, 1.82) is 0 Å². The number of nitrogens with one attached hydrogen (secondary N) is 1. The molecular weight excluding hydrogens is 363 g/mol. The molecule has 0 aliphatic heterocycles. The summed E-state index contributed by atoms with van der Waals surface area (Å²) in [6.07, 6.45) is 10.6. The molecule has 3 atom stereocenters. The van der Waals surface area contributed by atoms with Crippen LogP contribution in [-0.4, -0.2) is 10.9 Å². The van der Waals surface area contributed by atoms with Crippen molar-refractivity contribution in [3.63, 3.8) is 0 Å². The highest BCUT2D eigenvalue weighted by Crippen LogP contribution is 2.42. The van der Waals surface area contributed by atoms with Crippen LogP contribution in [0.1, 0.15) is 44.9 Å². The Morgan fingerprint density at radius 1 is 1.15 bits per heavy atom. The standard InChI is InChI=1S/C16H21IN2O/c17-14-7-8-15(18-10-14)19-16(20)13-6-5-11-3-1-2-4-12(11)9-13/h7-8,10-13H,1-6,9H2,(H,18,19,20). The monoisotopic (exact) mass is 384 g/mol. The summed E-state index contributed by atoms with van der Waals surface area (Å²) in [4.78, 5) is 16.6. The fraction of sp³-hybridized carbons (Fsp3) is 0.625. The number of hydrogen-bond acceptors (Lipinski definition) is 2. The predicted molar refractivity (Wildman–Crippen MR) is 88.4 cm³/mol. The van der Waals surface area contributed by atoms with E-state index in [1.54, 1.807) is 6.20 Å². The van der Waals surface area contributed by atoms with Crippen LogP contribution in [0, 0.1) is 21.3 Å². The molecule has 2 aliphatic carbocycles. The molecule has 2 saturated carbocycles. The van der Waals surface area contributed by atoms with Crippen LogP contribution in [0.5, 0.6) is 0 Å². The van der Waals surface area contributed by atoms with E-state index in [0.29, 0.717) is 5.82 Å². The number of aromatic nitrogens is 1. The maximum absolute atomic E-state index is 12.4. The van der Waals surface area contributed by atoms with Crippen LogP contribution < -0.4 is 5.32 Å². The van der Waals surface area contributed by atoms with Gasteiger partial charge in [-0.2, -0.15) is 0 Å². The number of pyridine rings is 1. The smallest absolute Gasteiger partial charge is 0.228 e. The van der Waals surface area contributed by atoms with Crippen molar-refractivity contribution < 1.29 is 4.79 Å². The van der Waals surface area contributed by atoms with Crippen molar-refractivity contribution in [1.82, 2.24) is 4.98 Å². The molecule has 3 nitrogen and oxygen atoms in total. The van der Waals surface area contributed by atoms with Gasteiger partial charge in [0, 0.05) is 15.7 Å². The second-order valence-corrected chi connectivity index (χ2v) is 7.41. The van der Waals surface area contributed by atoms with Crippen LogP contribution in [-0.2, 0) is 4.79 Å². The molecule has 1 N–H and O–H groups in total. The Kier molecular flexibility index (Phi) is 4.58. The van der Waals surface area contributed by atoms with Gasteiger partial charge in [0.2, 0.25) is 5.91 Å². The summed E-state index contributed by atoms with van der Waals surface area (Å²) in [5.74, 6) is 2.72. The van der Waals surface area contributed by atoms with E-state index in [1.807, 2.05) is 12.1 Å². The molecule has 20 heavy (non-hydrogen) atoms. The number of amides is 1. The summed E-state index contributed by atoms with van der Waals surface area (Å²) in [6.45, 7) is 0. The summed E-state index contributed by atoms with van der Waals surface area (Å²) in [5, 5.41) is 2.98. The number of rotatable bonds is 2. The molecule has 0 bridgehead atoms. The van der Waals surface area contributed by atoms with Crippen molar-refractivity contribution in [2.75, 3.05) is 5.32 Å². The van der Waals surface area contributed by atoms with Gasteiger partial charge in [-0.1, -0.05) is 25.7 Å². The lowest BCUT2D eigenvalue weighted by Gasteiger charge is -2.38. The van der Waals surface area contributed by atoms with Crippen molar-refractivity contribution >= 4 is 34.3 Å². The number of carbonyl (C=O) groups is 1. The maximum atomic E-state index is 12.4. The lowest BCUT2D eigenvalue weighted by Crippen LogP contribution is -2.34. The van der Waals surface area contributed by atoms with E-state index in [4.69, 9.17) is 0 Å². The highest BCUT2D eigenvalue weighted by molar-refractivity contribution is 14.1. The molecule has 1 aromatic heterocycles. The Morgan fingerprint density at radius 2 is 1.95 bits per heavy atom. The topological polar surface area (TPSA) is 42.0 Å². The van der Waals surface area contributed by atoms with Gasteiger partial charge >= 0.3 is 0 Å². The zero-order valence-electron chi connectivity index (χ0n) is 11.6. The molecule has 3 rings (SSSR count).